The van der Waals surface area contributed by atoms with Crippen LogP contribution in [0.25, 0.3) is 0 Å². The first kappa shape index (κ1) is 9.39. The molecular formula is C6H13NO3. The van der Waals surface area contributed by atoms with E-state index in [-0.39, 0.29) is 19.1 Å². The van der Waals surface area contributed by atoms with E-state index in [9.17, 15) is 4.79 Å². The number of hydrogen-bond donors (Lipinski definition) is 3. The summed E-state index contributed by atoms with van der Waals surface area (Å²) in [5, 5.41) is 20.0. The Balaban J connectivity index is 3.56. The van der Waals surface area contributed by atoms with E-state index in [1.54, 1.807) is 0 Å². The summed E-state index contributed by atoms with van der Waals surface area (Å²) >= 11 is 0. The Morgan fingerprint density at radius 3 is 2.50 bits per heavy atom. The monoisotopic (exact) mass is 147 g/mol. The van der Waals surface area contributed by atoms with Crippen molar-refractivity contribution in [3.63, 3.8) is 0 Å². The molecule has 0 aromatic rings. The van der Waals surface area contributed by atoms with Gasteiger partial charge in [-0.05, 0) is 6.92 Å². The van der Waals surface area contributed by atoms with Gasteiger partial charge in [0.15, 0.2) is 0 Å². The van der Waals surface area contributed by atoms with Crippen molar-refractivity contribution in [2.75, 3.05) is 13.2 Å². The highest BCUT2D eigenvalue weighted by atomic mass is 16.3. The summed E-state index contributed by atoms with van der Waals surface area (Å²) in [4.78, 5) is 10.3. The molecule has 4 nitrogen and oxygen atoms in total. The number of rotatable bonds is 3. The molecule has 4 heteroatoms. The molecule has 1 unspecified atom stereocenters. The Kier molecular flexibility index (Phi) is 3.32. The summed E-state index contributed by atoms with van der Waals surface area (Å²) in [5.74, 6) is -0.214. The minimum Gasteiger partial charge on any atom is -0.393 e. The minimum absolute atomic E-state index is 0.0822. The first-order valence-electron chi connectivity index (χ1n) is 3.05. The molecule has 3 N–H and O–H groups in total. The highest BCUT2D eigenvalue weighted by molar-refractivity contribution is 5.72. The standard InChI is InChI=1S/C6H13NO3/c1-5(9)7-3-6(2,10)4-8/h8,10H,3-4H2,1-2H3,(H,7,9). The van der Waals surface area contributed by atoms with Gasteiger partial charge in [-0.3, -0.25) is 4.79 Å². The molecule has 0 aliphatic heterocycles. The van der Waals surface area contributed by atoms with Crippen LogP contribution in [-0.4, -0.2) is 34.9 Å². The van der Waals surface area contributed by atoms with Crippen molar-refractivity contribution in [3.8, 4) is 0 Å². The average molecular weight is 147 g/mol. The van der Waals surface area contributed by atoms with Crippen LogP contribution in [0, 0.1) is 0 Å². The summed E-state index contributed by atoms with van der Waals surface area (Å²) < 4.78 is 0. The second-order valence-corrected chi connectivity index (χ2v) is 2.56. The fourth-order valence-electron chi connectivity index (χ4n) is 0.371. The Bertz CT molecular complexity index is 122. The third-order valence-electron chi connectivity index (χ3n) is 1.06. The van der Waals surface area contributed by atoms with Crippen LogP contribution >= 0.6 is 0 Å². The lowest BCUT2D eigenvalue weighted by molar-refractivity contribution is -0.120. The molecule has 1 atom stereocenters. The van der Waals surface area contributed by atoms with Gasteiger partial charge in [-0.25, -0.2) is 0 Å². The molecule has 0 bridgehead atoms. The highest BCUT2D eigenvalue weighted by Crippen LogP contribution is 1.97. The molecule has 0 aliphatic rings. The van der Waals surface area contributed by atoms with Gasteiger partial charge in [0.1, 0.15) is 5.60 Å². The van der Waals surface area contributed by atoms with E-state index in [2.05, 4.69) is 5.32 Å². The molecule has 0 aromatic carbocycles. The van der Waals surface area contributed by atoms with Crippen LogP contribution in [0.5, 0.6) is 0 Å². The summed E-state index contributed by atoms with van der Waals surface area (Å²) in [6.45, 7) is 2.53. The Hall–Kier alpha value is -0.610. The molecular weight excluding hydrogens is 134 g/mol. The van der Waals surface area contributed by atoms with E-state index in [1.165, 1.54) is 13.8 Å². The average Bonchev–Trinajstić information content (AvgIpc) is 1.85. The molecule has 0 aliphatic carbocycles. The van der Waals surface area contributed by atoms with Crippen LogP contribution in [-0.2, 0) is 4.79 Å². The molecule has 0 heterocycles. The summed E-state index contributed by atoms with van der Waals surface area (Å²) in [6.07, 6.45) is 0. The van der Waals surface area contributed by atoms with E-state index in [1.807, 2.05) is 0 Å². The van der Waals surface area contributed by atoms with Gasteiger partial charge in [-0.2, -0.15) is 0 Å². The Labute approximate surface area is 59.9 Å². The van der Waals surface area contributed by atoms with Crippen LogP contribution in [0.3, 0.4) is 0 Å². The number of amides is 1. The number of carbonyl (C=O) groups is 1. The third kappa shape index (κ3) is 4.29. The second-order valence-electron chi connectivity index (χ2n) is 2.56. The van der Waals surface area contributed by atoms with Crippen LogP contribution in [0.4, 0.5) is 0 Å². The van der Waals surface area contributed by atoms with E-state index in [0.29, 0.717) is 0 Å². The van der Waals surface area contributed by atoms with Gasteiger partial charge in [0.2, 0.25) is 5.91 Å². The summed E-state index contributed by atoms with van der Waals surface area (Å²) in [6, 6.07) is 0. The van der Waals surface area contributed by atoms with E-state index in [0.717, 1.165) is 0 Å². The van der Waals surface area contributed by atoms with Gasteiger partial charge in [-0.1, -0.05) is 0 Å². The topological polar surface area (TPSA) is 69.6 Å². The van der Waals surface area contributed by atoms with Gasteiger partial charge >= 0.3 is 0 Å². The van der Waals surface area contributed by atoms with Crippen molar-refractivity contribution in [2.45, 2.75) is 19.4 Å². The maximum absolute atomic E-state index is 10.3. The Morgan fingerprint density at radius 2 is 2.20 bits per heavy atom. The summed E-state index contributed by atoms with van der Waals surface area (Å²) in [5.41, 5.74) is -1.20. The van der Waals surface area contributed by atoms with E-state index < -0.39 is 5.60 Å². The number of carbonyl (C=O) groups excluding carboxylic acids is 1. The molecule has 60 valence electrons. The number of nitrogens with one attached hydrogen (secondary N) is 1. The molecule has 0 saturated heterocycles. The molecule has 0 spiro atoms. The molecule has 0 rings (SSSR count). The van der Waals surface area contributed by atoms with Crippen LogP contribution < -0.4 is 5.32 Å². The summed E-state index contributed by atoms with van der Waals surface area (Å²) in [7, 11) is 0. The van der Waals surface area contributed by atoms with Gasteiger partial charge in [-0.15, -0.1) is 0 Å². The molecule has 0 fully saturated rings. The second kappa shape index (κ2) is 3.53. The van der Waals surface area contributed by atoms with Gasteiger partial charge in [0, 0.05) is 13.5 Å². The largest absolute Gasteiger partial charge is 0.393 e. The van der Waals surface area contributed by atoms with E-state index in [4.69, 9.17) is 10.2 Å². The molecule has 0 aromatic heterocycles. The first-order chi connectivity index (χ1) is 4.48. The maximum atomic E-state index is 10.3. The smallest absolute Gasteiger partial charge is 0.216 e. The molecule has 0 saturated carbocycles. The van der Waals surface area contributed by atoms with Crippen LogP contribution in [0.15, 0.2) is 0 Å². The van der Waals surface area contributed by atoms with Crippen molar-refractivity contribution in [1.29, 1.82) is 0 Å². The van der Waals surface area contributed by atoms with Crippen LogP contribution in [0.2, 0.25) is 0 Å². The quantitative estimate of drug-likeness (QED) is 0.473. The van der Waals surface area contributed by atoms with Crippen molar-refractivity contribution in [1.82, 2.24) is 5.32 Å². The van der Waals surface area contributed by atoms with E-state index >= 15 is 0 Å². The predicted molar refractivity (Wildman–Crippen MR) is 36.4 cm³/mol. The number of aliphatic hydroxyl groups excluding tert-OH is 1. The highest BCUT2D eigenvalue weighted by Gasteiger charge is 2.18. The van der Waals surface area contributed by atoms with Crippen molar-refractivity contribution < 1.29 is 15.0 Å². The fourth-order valence-corrected chi connectivity index (χ4v) is 0.371. The zero-order chi connectivity index (χ0) is 8.20. The zero-order valence-electron chi connectivity index (χ0n) is 6.22. The van der Waals surface area contributed by atoms with Crippen molar-refractivity contribution in [2.24, 2.45) is 0 Å². The first-order valence-corrected chi connectivity index (χ1v) is 3.05. The predicted octanol–water partition coefficient (Wildman–Crippen LogP) is -1.13. The zero-order valence-corrected chi connectivity index (χ0v) is 6.22. The van der Waals surface area contributed by atoms with Crippen molar-refractivity contribution in [3.05, 3.63) is 0 Å². The third-order valence-corrected chi connectivity index (χ3v) is 1.06. The lowest BCUT2D eigenvalue weighted by Gasteiger charge is -2.19. The molecule has 0 radical (unpaired) electrons. The fraction of sp³-hybridized carbons (Fsp3) is 0.833. The van der Waals surface area contributed by atoms with Gasteiger partial charge in [0.25, 0.3) is 0 Å². The van der Waals surface area contributed by atoms with Crippen molar-refractivity contribution >= 4 is 5.91 Å². The SMILES string of the molecule is CC(=O)NCC(C)(O)CO. The lowest BCUT2D eigenvalue weighted by Crippen LogP contribution is -2.42. The molecule has 1 amide bonds. The maximum Gasteiger partial charge on any atom is 0.216 e. The number of hydrogen-bond acceptors (Lipinski definition) is 3. The Morgan fingerprint density at radius 1 is 1.70 bits per heavy atom. The van der Waals surface area contributed by atoms with Crippen LogP contribution in [0.1, 0.15) is 13.8 Å². The number of aliphatic hydroxyl groups is 2. The minimum atomic E-state index is -1.20. The molecule has 10 heavy (non-hydrogen) atoms. The van der Waals surface area contributed by atoms with Gasteiger partial charge in [0.05, 0.1) is 6.61 Å². The van der Waals surface area contributed by atoms with Gasteiger partial charge < -0.3 is 15.5 Å². The lowest BCUT2D eigenvalue weighted by atomic mass is 10.1. The normalized spacial score (nSPS) is 16.0.